The Morgan fingerprint density at radius 2 is 1.33 bits per heavy atom. The molecule has 0 spiro atoms. The van der Waals surface area contributed by atoms with Crippen molar-refractivity contribution in [2.45, 2.75) is 97.4 Å². The standard InChI is InChI=1S/C16H36NO3P/c1-4-7-8-9-10-11-12-13-14-15-16(5-2)17(6-3)21(18,19)20/h16H,4-15H2,1-3H3,(H2,18,19,20). The Labute approximate surface area is 131 Å². The minimum atomic E-state index is -4.09. The molecule has 128 valence electrons. The van der Waals surface area contributed by atoms with Gasteiger partial charge in [0.2, 0.25) is 0 Å². The molecule has 0 saturated heterocycles. The summed E-state index contributed by atoms with van der Waals surface area (Å²) < 4.78 is 12.8. The predicted octanol–water partition coefficient (Wildman–Crippen LogP) is 5.10. The molecule has 0 fully saturated rings. The van der Waals surface area contributed by atoms with Crippen molar-refractivity contribution in [1.82, 2.24) is 4.67 Å². The van der Waals surface area contributed by atoms with E-state index in [0.717, 1.165) is 19.3 Å². The van der Waals surface area contributed by atoms with Crippen LogP contribution in [0.15, 0.2) is 0 Å². The lowest BCUT2D eigenvalue weighted by atomic mass is 10.0. The van der Waals surface area contributed by atoms with Crippen molar-refractivity contribution in [2.75, 3.05) is 6.54 Å². The third-order valence-corrected chi connectivity index (χ3v) is 5.47. The third kappa shape index (κ3) is 10.5. The Morgan fingerprint density at radius 3 is 1.71 bits per heavy atom. The van der Waals surface area contributed by atoms with E-state index in [9.17, 15) is 14.4 Å². The molecule has 0 aliphatic rings. The number of nitrogens with zero attached hydrogens (tertiary/aromatic N) is 1. The first-order chi connectivity index (χ1) is 9.97. The van der Waals surface area contributed by atoms with Crippen molar-refractivity contribution in [3.63, 3.8) is 0 Å². The molecule has 0 aromatic carbocycles. The van der Waals surface area contributed by atoms with Crippen LogP contribution in [0.2, 0.25) is 0 Å². The fourth-order valence-corrected chi connectivity index (χ4v) is 3.98. The van der Waals surface area contributed by atoms with Gasteiger partial charge in [0.25, 0.3) is 0 Å². The van der Waals surface area contributed by atoms with Gasteiger partial charge in [-0.3, -0.25) is 0 Å². The van der Waals surface area contributed by atoms with E-state index in [1.165, 1.54) is 56.0 Å². The molecule has 1 atom stereocenters. The normalized spacial score (nSPS) is 13.8. The van der Waals surface area contributed by atoms with Gasteiger partial charge in [-0.15, -0.1) is 0 Å². The molecule has 0 aliphatic carbocycles. The molecule has 0 amide bonds. The second-order valence-corrected chi connectivity index (χ2v) is 7.49. The van der Waals surface area contributed by atoms with E-state index in [1.54, 1.807) is 0 Å². The van der Waals surface area contributed by atoms with Crippen LogP contribution in [0.3, 0.4) is 0 Å². The number of hydrogen-bond acceptors (Lipinski definition) is 1. The summed E-state index contributed by atoms with van der Waals surface area (Å²) >= 11 is 0. The zero-order valence-electron chi connectivity index (χ0n) is 14.3. The van der Waals surface area contributed by atoms with Gasteiger partial charge in [0, 0.05) is 12.6 Å². The van der Waals surface area contributed by atoms with Crippen LogP contribution in [0.5, 0.6) is 0 Å². The van der Waals surface area contributed by atoms with Gasteiger partial charge in [-0.25, -0.2) is 9.24 Å². The second-order valence-electron chi connectivity index (χ2n) is 5.95. The molecule has 0 aliphatic heterocycles. The fourth-order valence-electron chi connectivity index (χ4n) is 2.91. The van der Waals surface area contributed by atoms with Crippen molar-refractivity contribution < 1.29 is 14.4 Å². The average molecular weight is 321 g/mol. The zero-order chi connectivity index (χ0) is 16.1. The molecular weight excluding hydrogens is 285 g/mol. The van der Waals surface area contributed by atoms with E-state index in [2.05, 4.69) is 6.92 Å². The molecule has 0 radical (unpaired) electrons. The smallest absolute Gasteiger partial charge is 0.312 e. The predicted molar refractivity (Wildman–Crippen MR) is 90.3 cm³/mol. The number of hydrogen-bond donors (Lipinski definition) is 2. The Bertz CT molecular complexity index is 281. The van der Waals surface area contributed by atoms with E-state index in [1.807, 2.05) is 13.8 Å². The molecule has 1 unspecified atom stereocenters. The summed E-state index contributed by atoms with van der Waals surface area (Å²) in [5.74, 6) is 0. The van der Waals surface area contributed by atoms with Gasteiger partial charge >= 0.3 is 7.75 Å². The second kappa shape index (κ2) is 12.6. The quantitative estimate of drug-likeness (QED) is 0.345. The van der Waals surface area contributed by atoms with Crippen LogP contribution in [0.4, 0.5) is 0 Å². The number of unbranched alkanes of at least 4 members (excludes halogenated alkanes) is 8. The maximum Gasteiger partial charge on any atom is 0.403 e. The Hall–Kier alpha value is 0.110. The van der Waals surface area contributed by atoms with E-state index in [4.69, 9.17) is 0 Å². The monoisotopic (exact) mass is 321 g/mol. The zero-order valence-corrected chi connectivity index (χ0v) is 15.2. The Morgan fingerprint density at radius 1 is 0.857 bits per heavy atom. The van der Waals surface area contributed by atoms with E-state index < -0.39 is 7.75 Å². The first-order valence-electron chi connectivity index (χ1n) is 8.79. The molecule has 0 rings (SSSR count). The van der Waals surface area contributed by atoms with Gasteiger partial charge in [-0.1, -0.05) is 78.6 Å². The number of rotatable bonds is 14. The first kappa shape index (κ1) is 21.1. The van der Waals surface area contributed by atoms with Crippen LogP contribution >= 0.6 is 7.75 Å². The summed E-state index contributed by atoms with van der Waals surface area (Å²) in [6.45, 7) is 6.48. The molecule has 0 heterocycles. The molecule has 0 saturated carbocycles. The van der Waals surface area contributed by atoms with Crippen LogP contribution in [0.25, 0.3) is 0 Å². The fraction of sp³-hybridized carbons (Fsp3) is 1.00. The highest BCUT2D eigenvalue weighted by atomic mass is 31.2. The molecule has 4 nitrogen and oxygen atoms in total. The van der Waals surface area contributed by atoms with Gasteiger partial charge in [-0.05, 0) is 12.8 Å². The molecule has 2 N–H and O–H groups in total. The summed E-state index contributed by atoms with van der Waals surface area (Å²) in [6, 6.07) is 0.0142. The minimum Gasteiger partial charge on any atom is -0.312 e. The van der Waals surface area contributed by atoms with E-state index in [0.29, 0.717) is 6.54 Å². The largest absolute Gasteiger partial charge is 0.403 e. The van der Waals surface area contributed by atoms with Crippen molar-refractivity contribution in [3.05, 3.63) is 0 Å². The lowest BCUT2D eigenvalue weighted by molar-refractivity contribution is 0.218. The van der Waals surface area contributed by atoms with Gasteiger partial charge < -0.3 is 9.79 Å². The summed E-state index contributed by atoms with van der Waals surface area (Å²) in [5.41, 5.74) is 0. The van der Waals surface area contributed by atoms with Gasteiger partial charge in [0.1, 0.15) is 0 Å². The lowest BCUT2D eigenvalue weighted by Gasteiger charge is -2.30. The van der Waals surface area contributed by atoms with Gasteiger partial charge in [0.05, 0.1) is 0 Å². The summed E-state index contributed by atoms with van der Waals surface area (Å²) in [4.78, 5) is 18.7. The molecule has 0 aromatic heterocycles. The molecule has 21 heavy (non-hydrogen) atoms. The molecule has 0 bridgehead atoms. The third-order valence-electron chi connectivity index (χ3n) is 4.19. The van der Waals surface area contributed by atoms with Crippen LogP contribution in [-0.4, -0.2) is 27.0 Å². The summed E-state index contributed by atoms with van der Waals surface area (Å²) in [5, 5.41) is 0. The van der Waals surface area contributed by atoms with Crippen molar-refractivity contribution in [3.8, 4) is 0 Å². The van der Waals surface area contributed by atoms with Crippen LogP contribution < -0.4 is 0 Å². The lowest BCUT2D eigenvalue weighted by Crippen LogP contribution is -2.31. The van der Waals surface area contributed by atoms with Crippen molar-refractivity contribution in [2.24, 2.45) is 0 Å². The molecular formula is C16H36NO3P. The van der Waals surface area contributed by atoms with Crippen LogP contribution in [0.1, 0.15) is 91.4 Å². The Balaban J connectivity index is 3.75. The average Bonchev–Trinajstić information content (AvgIpc) is 2.42. The minimum absolute atomic E-state index is 0.0142. The highest BCUT2D eigenvalue weighted by Crippen LogP contribution is 2.43. The Kier molecular flexibility index (Phi) is 12.7. The first-order valence-corrected chi connectivity index (χ1v) is 10.4. The topological polar surface area (TPSA) is 60.8 Å². The van der Waals surface area contributed by atoms with E-state index >= 15 is 0 Å². The van der Waals surface area contributed by atoms with Crippen molar-refractivity contribution >= 4 is 7.75 Å². The molecule has 0 aromatic rings. The SMILES string of the molecule is CCCCCCCCCCCC(CC)N(CC)P(=O)(O)O. The molecule has 5 heteroatoms. The summed E-state index contributed by atoms with van der Waals surface area (Å²) in [7, 11) is -4.09. The van der Waals surface area contributed by atoms with Crippen molar-refractivity contribution in [1.29, 1.82) is 0 Å². The maximum atomic E-state index is 11.4. The van der Waals surface area contributed by atoms with Gasteiger partial charge in [0.15, 0.2) is 0 Å². The van der Waals surface area contributed by atoms with E-state index in [-0.39, 0.29) is 6.04 Å². The van der Waals surface area contributed by atoms with Crippen LogP contribution in [-0.2, 0) is 4.57 Å². The van der Waals surface area contributed by atoms with Gasteiger partial charge in [-0.2, -0.15) is 0 Å². The van der Waals surface area contributed by atoms with Crippen LogP contribution in [0, 0.1) is 0 Å². The highest BCUT2D eigenvalue weighted by molar-refractivity contribution is 7.49. The maximum absolute atomic E-state index is 11.4. The highest BCUT2D eigenvalue weighted by Gasteiger charge is 2.29. The summed E-state index contributed by atoms with van der Waals surface area (Å²) in [6.07, 6.45) is 13.2.